The zero-order valence-electron chi connectivity index (χ0n) is 16.2. The third-order valence-corrected chi connectivity index (χ3v) is 5.90. The molecule has 0 spiro atoms. The first kappa shape index (κ1) is 19.1. The van der Waals surface area contributed by atoms with E-state index in [1.54, 1.807) is 23.9 Å². The van der Waals surface area contributed by atoms with Crippen LogP contribution >= 0.6 is 11.8 Å². The van der Waals surface area contributed by atoms with E-state index in [0.717, 1.165) is 16.9 Å². The van der Waals surface area contributed by atoms with Crippen LogP contribution in [0.15, 0.2) is 71.3 Å². The lowest BCUT2D eigenvalue weighted by atomic mass is 10.1. The summed E-state index contributed by atoms with van der Waals surface area (Å²) >= 11 is 1.58. The van der Waals surface area contributed by atoms with Gasteiger partial charge < -0.3 is 14.6 Å². The minimum atomic E-state index is -0.307. The Morgan fingerprint density at radius 1 is 1.14 bits per heavy atom. The molecule has 1 aliphatic rings. The Balaban J connectivity index is 1.58. The van der Waals surface area contributed by atoms with Crippen LogP contribution < -0.4 is 15.1 Å². The third-order valence-electron chi connectivity index (χ3n) is 4.69. The van der Waals surface area contributed by atoms with Gasteiger partial charge in [-0.1, -0.05) is 12.1 Å². The molecule has 0 saturated carbocycles. The Hall–Kier alpha value is -3.19. The van der Waals surface area contributed by atoms with Gasteiger partial charge in [-0.25, -0.2) is 0 Å². The fraction of sp³-hybridized carbons (Fsp3) is 0.182. The molecule has 0 radical (unpaired) electrons. The van der Waals surface area contributed by atoms with Crippen molar-refractivity contribution in [2.75, 3.05) is 35.0 Å². The maximum atomic E-state index is 12.6. The lowest BCUT2D eigenvalue weighted by molar-refractivity contribution is -0.115. The van der Waals surface area contributed by atoms with E-state index in [4.69, 9.17) is 4.42 Å². The van der Waals surface area contributed by atoms with Gasteiger partial charge in [-0.15, -0.1) is 11.8 Å². The highest BCUT2D eigenvalue weighted by Gasteiger charge is 2.34. The summed E-state index contributed by atoms with van der Waals surface area (Å²) in [6, 6.07) is 18.8. The molecule has 7 heteroatoms. The maximum absolute atomic E-state index is 12.6. The van der Waals surface area contributed by atoms with E-state index < -0.39 is 0 Å². The molecule has 2 aromatic carbocycles. The van der Waals surface area contributed by atoms with Crippen molar-refractivity contribution >= 4 is 40.6 Å². The second-order valence-electron chi connectivity index (χ2n) is 6.89. The number of rotatable bonds is 5. The van der Waals surface area contributed by atoms with Gasteiger partial charge in [0, 0.05) is 31.2 Å². The summed E-state index contributed by atoms with van der Waals surface area (Å²) in [7, 11) is 3.97. The number of amides is 2. The number of nitrogens with one attached hydrogen (secondary N) is 1. The SMILES string of the molecule is CN(C)c1ccc(N2C(=O)CS[C@H]2c2cccc(NC(=O)c3ccco3)c2)cc1. The van der Waals surface area contributed by atoms with Crippen LogP contribution in [0.1, 0.15) is 21.5 Å². The van der Waals surface area contributed by atoms with Gasteiger partial charge >= 0.3 is 0 Å². The van der Waals surface area contributed by atoms with E-state index in [2.05, 4.69) is 5.32 Å². The number of hydrogen-bond donors (Lipinski definition) is 1. The summed E-state index contributed by atoms with van der Waals surface area (Å²) in [5.74, 6) is 0.438. The molecule has 1 atom stereocenters. The molecular formula is C22H21N3O3S. The molecule has 1 aromatic heterocycles. The number of furan rings is 1. The molecule has 2 amide bonds. The van der Waals surface area contributed by atoms with E-state index in [1.807, 2.05) is 72.4 Å². The van der Waals surface area contributed by atoms with Gasteiger partial charge in [0.15, 0.2) is 5.76 Å². The second-order valence-corrected chi connectivity index (χ2v) is 7.96. The van der Waals surface area contributed by atoms with Crippen LogP contribution in [0.25, 0.3) is 0 Å². The van der Waals surface area contributed by atoms with Crippen molar-refractivity contribution in [2.45, 2.75) is 5.37 Å². The molecule has 1 N–H and O–H groups in total. The van der Waals surface area contributed by atoms with Gasteiger partial charge in [0.1, 0.15) is 5.37 Å². The van der Waals surface area contributed by atoms with E-state index in [9.17, 15) is 9.59 Å². The predicted molar refractivity (Wildman–Crippen MR) is 117 cm³/mol. The molecule has 1 saturated heterocycles. The van der Waals surface area contributed by atoms with Crippen molar-refractivity contribution in [3.63, 3.8) is 0 Å². The molecule has 1 fully saturated rings. The normalized spacial score (nSPS) is 16.1. The molecule has 6 nitrogen and oxygen atoms in total. The van der Waals surface area contributed by atoms with Crippen LogP contribution in [0.3, 0.4) is 0 Å². The smallest absolute Gasteiger partial charge is 0.291 e. The van der Waals surface area contributed by atoms with E-state index in [0.29, 0.717) is 11.4 Å². The third kappa shape index (κ3) is 4.00. The zero-order chi connectivity index (χ0) is 20.4. The highest BCUT2D eigenvalue weighted by atomic mass is 32.2. The van der Waals surface area contributed by atoms with E-state index in [-0.39, 0.29) is 22.9 Å². The van der Waals surface area contributed by atoms with Crippen molar-refractivity contribution in [2.24, 2.45) is 0 Å². The fourth-order valence-corrected chi connectivity index (χ4v) is 4.40. The number of carbonyl (C=O) groups is 2. The van der Waals surface area contributed by atoms with Gasteiger partial charge in [0.25, 0.3) is 5.91 Å². The quantitative estimate of drug-likeness (QED) is 0.680. The fourth-order valence-electron chi connectivity index (χ4n) is 3.23. The first-order valence-electron chi connectivity index (χ1n) is 9.19. The highest BCUT2D eigenvalue weighted by Crippen LogP contribution is 2.42. The molecule has 3 aromatic rings. The van der Waals surface area contributed by atoms with Crippen molar-refractivity contribution in [1.82, 2.24) is 0 Å². The number of nitrogens with zero attached hydrogens (tertiary/aromatic N) is 2. The number of hydrogen-bond acceptors (Lipinski definition) is 5. The van der Waals surface area contributed by atoms with Crippen molar-refractivity contribution in [3.05, 3.63) is 78.3 Å². The maximum Gasteiger partial charge on any atom is 0.291 e. The minimum Gasteiger partial charge on any atom is -0.459 e. The summed E-state index contributed by atoms with van der Waals surface area (Å²) in [5, 5.41) is 2.70. The minimum absolute atomic E-state index is 0.0719. The van der Waals surface area contributed by atoms with Gasteiger partial charge in [0.2, 0.25) is 5.91 Å². The lowest BCUT2D eigenvalue weighted by Crippen LogP contribution is -2.27. The molecule has 4 rings (SSSR count). The Morgan fingerprint density at radius 3 is 2.62 bits per heavy atom. The molecule has 29 heavy (non-hydrogen) atoms. The Kier molecular flexibility index (Phi) is 5.31. The molecule has 0 aliphatic carbocycles. The van der Waals surface area contributed by atoms with Crippen molar-refractivity contribution < 1.29 is 14.0 Å². The molecule has 2 heterocycles. The molecule has 0 unspecified atom stereocenters. The van der Waals surface area contributed by atoms with E-state index >= 15 is 0 Å². The standard InChI is InChI=1S/C22H21N3O3S/c1-24(2)17-8-10-18(11-9-17)25-20(26)14-29-22(25)15-5-3-6-16(13-15)23-21(27)19-7-4-12-28-19/h3-13,22H,14H2,1-2H3,(H,23,27)/t22-/m0/s1. The number of benzene rings is 2. The Bertz CT molecular complexity index is 1020. The summed E-state index contributed by atoms with van der Waals surface area (Å²) in [4.78, 5) is 28.7. The van der Waals surface area contributed by atoms with Gasteiger partial charge in [0.05, 0.1) is 12.0 Å². The molecule has 148 valence electrons. The van der Waals surface area contributed by atoms with Crippen LogP contribution in [0.4, 0.5) is 17.1 Å². The zero-order valence-corrected chi connectivity index (χ0v) is 17.0. The van der Waals surface area contributed by atoms with Gasteiger partial charge in [-0.05, 0) is 54.1 Å². The summed E-state index contributed by atoms with van der Waals surface area (Å²) < 4.78 is 5.14. The number of thioether (sulfide) groups is 1. The van der Waals surface area contributed by atoms with E-state index in [1.165, 1.54) is 6.26 Å². The molecule has 1 aliphatic heterocycles. The second kappa shape index (κ2) is 8.05. The lowest BCUT2D eigenvalue weighted by Gasteiger charge is -2.25. The topological polar surface area (TPSA) is 65.8 Å². The van der Waals surface area contributed by atoms with Gasteiger partial charge in [-0.2, -0.15) is 0 Å². The Morgan fingerprint density at radius 2 is 1.93 bits per heavy atom. The van der Waals surface area contributed by atoms with Crippen LogP contribution in [0, 0.1) is 0 Å². The number of anilines is 3. The van der Waals surface area contributed by atoms with Gasteiger partial charge in [-0.3, -0.25) is 14.5 Å². The summed E-state index contributed by atoms with van der Waals surface area (Å²) in [6.45, 7) is 0. The first-order chi connectivity index (χ1) is 14.0. The average molecular weight is 407 g/mol. The average Bonchev–Trinajstić information content (AvgIpc) is 3.38. The van der Waals surface area contributed by atoms with Crippen molar-refractivity contribution in [3.8, 4) is 0 Å². The highest BCUT2D eigenvalue weighted by molar-refractivity contribution is 8.00. The molecular weight excluding hydrogens is 386 g/mol. The van der Waals surface area contributed by atoms with Crippen LogP contribution in [-0.4, -0.2) is 31.7 Å². The Labute approximate surface area is 173 Å². The van der Waals surface area contributed by atoms with Crippen LogP contribution in [0.2, 0.25) is 0 Å². The summed E-state index contributed by atoms with van der Waals surface area (Å²) in [5.41, 5.74) is 3.55. The first-order valence-corrected chi connectivity index (χ1v) is 10.2. The number of carbonyl (C=O) groups excluding carboxylic acids is 2. The monoisotopic (exact) mass is 407 g/mol. The van der Waals surface area contributed by atoms with Crippen LogP contribution in [0.5, 0.6) is 0 Å². The van der Waals surface area contributed by atoms with Crippen molar-refractivity contribution in [1.29, 1.82) is 0 Å². The van der Waals surface area contributed by atoms with Crippen LogP contribution in [-0.2, 0) is 4.79 Å². The largest absolute Gasteiger partial charge is 0.459 e. The summed E-state index contributed by atoms with van der Waals surface area (Å²) in [6.07, 6.45) is 1.46. The predicted octanol–water partition coefficient (Wildman–Crippen LogP) is 4.38. The molecule has 0 bridgehead atoms.